The third kappa shape index (κ3) is 3.28. The fourth-order valence-corrected chi connectivity index (χ4v) is 3.33. The van der Waals surface area contributed by atoms with E-state index in [9.17, 15) is 0 Å². The van der Waals surface area contributed by atoms with Gasteiger partial charge in [-0.05, 0) is 31.2 Å². The monoisotopic (exact) mass is 356 g/mol. The average molecular weight is 356 g/mol. The molecule has 0 aliphatic carbocycles. The van der Waals surface area contributed by atoms with E-state index in [2.05, 4.69) is 33.7 Å². The maximum Gasteiger partial charge on any atom is 0.149 e. The van der Waals surface area contributed by atoms with Crippen LogP contribution in [0.25, 0.3) is 22.2 Å². The number of fused-ring (bicyclic) bond motifs is 1. The minimum absolute atomic E-state index is 0.114. The summed E-state index contributed by atoms with van der Waals surface area (Å²) < 4.78 is 0. The van der Waals surface area contributed by atoms with Crippen LogP contribution in [0.15, 0.2) is 60.2 Å². The zero-order valence-corrected chi connectivity index (χ0v) is 15.0. The number of rotatable bonds is 2. The molecule has 0 spiro atoms. The van der Waals surface area contributed by atoms with Gasteiger partial charge in [0.25, 0.3) is 0 Å². The van der Waals surface area contributed by atoms with Crippen LogP contribution in [0.1, 0.15) is 23.4 Å². The van der Waals surface area contributed by atoms with Crippen molar-refractivity contribution >= 4 is 28.1 Å². The van der Waals surface area contributed by atoms with Crippen LogP contribution in [0, 0.1) is 11.8 Å². The van der Waals surface area contributed by atoms with Crippen molar-refractivity contribution in [2.75, 3.05) is 5.73 Å². The number of nitrogens with two attached hydrogens (primary N) is 1. The fraction of sp³-hybridized carbons (Fsp3) is 0.0952. The molecule has 26 heavy (non-hydrogen) atoms. The lowest BCUT2D eigenvalue weighted by Gasteiger charge is -2.05. The Morgan fingerprint density at radius 1 is 1.08 bits per heavy atom. The Morgan fingerprint density at radius 2 is 2.00 bits per heavy atom. The van der Waals surface area contributed by atoms with Crippen molar-refractivity contribution in [3.63, 3.8) is 0 Å². The quantitative estimate of drug-likeness (QED) is 0.538. The molecule has 0 amide bonds. The zero-order valence-electron chi connectivity index (χ0n) is 14.2. The van der Waals surface area contributed by atoms with Gasteiger partial charge in [0, 0.05) is 34.3 Å². The summed E-state index contributed by atoms with van der Waals surface area (Å²) in [6, 6.07) is 14.0. The summed E-state index contributed by atoms with van der Waals surface area (Å²) in [6.07, 6.45) is 3.50. The largest absolute Gasteiger partial charge is 0.382 e. The molecule has 4 aromatic rings. The first-order valence-corrected chi connectivity index (χ1v) is 9.11. The van der Waals surface area contributed by atoms with Gasteiger partial charge in [0.15, 0.2) is 0 Å². The molecule has 0 aliphatic heterocycles. The topological polar surface area (TPSA) is 64.7 Å². The summed E-state index contributed by atoms with van der Waals surface area (Å²) in [6.45, 7) is 2.07. The molecule has 126 valence electrons. The molecule has 5 heteroatoms. The van der Waals surface area contributed by atoms with E-state index in [1.807, 2.05) is 54.0 Å². The van der Waals surface area contributed by atoms with Gasteiger partial charge in [0.1, 0.15) is 16.3 Å². The van der Waals surface area contributed by atoms with Crippen molar-refractivity contribution in [1.29, 1.82) is 0 Å². The Labute approximate surface area is 155 Å². The minimum atomic E-state index is 0.114. The van der Waals surface area contributed by atoms with Gasteiger partial charge in [0.2, 0.25) is 0 Å². The van der Waals surface area contributed by atoms with Gasteiger partial charge >= 0.3 is 0 Å². The molecular formula is C21H16N4S. The van der Waals surface area contributed by atoms with Crippen molar-refractivity contribution < 1.29 is 0 Å². The van der Waals surface area contributed by atoms with Gasteiger partial charge in [-0.15, -0.1) is 11.3 Å². The lowest BCUT2D eigenvalue weighted by molar-refractivity contribution is 0.978. The predicted molar refractivity (Wildman–Crippen MR) is 107 cm³/mol. The summed E-state index contributed by atoms with van der Waals surface area (Å²) in [7, 11) is 0. The summed E-state index contributed by atoms with van der Waals surface area (Å²) in [5.41, 5.74) is 9.49. The third-order valence-corrected chi connectivity index (χ3v) is 5.01. The van der Waals surface area contributed by atoms with E-state index in [0.29, 0.717) is 5.82 Å². The molecule has 2 N–H and O–H groups in total. The molecule has 3 heterocycles. The van der Waals surface area contributed by atoms with Gasteiger partial charge < -0.3 is 5.73 Å². The van der Waals surface area contributed by atoms with E-state index in [1.54, 1.807) is 17.5 Å². The Bertz CT molecular complexity index is 1120. The number of aromatic nitrogens is 3. The number of nitrogen functional groups attached to an aromatic ring is 1. The first-order chi connectivity index (χ1) is 12.7. The highest BCUT2D eigenvalue weighted by Gasteiger charge is 2.06. The second-order valence-corrected chi connectivity index (χ2v) is 6.83. The summed E-state index contributed by atoms with van der Waals surface area (Å²) in [4.78, 5) is 13.1. The first kappa shape index (κ1) is 16.2. The van der Waals surface area contributed by atoms with E-state index in [1.165, 1.54) is 0 Å². The third-order valence-electron chi connectivity index (χ3n) is 4.05. The number of hydrogen-bond donors (Lipinski definition) is 1. The number of benzene rings is 1. The molecule has 0 unspecified atom stereocenters. The van der Waals surface area contributed by atoms with Gasteiger partial charge in [-0.2, -0.15) is 0 Å². The highest BCUT2D eigenvalue weighted by molar-refractivity contribution is 7.09. The summed E-state index contributed by atoms with van der Waals surface area (Å²) in [5.74, 6) is 7.07. The number of nitrogens with zero attached hydrogens (tertiary/aromatic N) is 3. The molecule has 0 aliphatic rings. The molecule has 0 saturated carbocycles. The molecule has 1 atom stereocenters. The number of thiazole rings is 1. The second kappa shape index (κ2) is 6.95. The molecule has 0 fully saturated rings. The maximum absolute atomic E-state index is 5.96. The van der Waals surface area contributed by atoms with Crippen LogP contribution in [0.3, 0.4) is 0 Å². The van der Waals surface area contributed by atoms with E-state index >= 15 is 0 Å². The van der Waals surface area contributed by atoms with Crippen molar-refractivity contribution in [3.8, 4) is 23.1 Å². The van der Waals surface area contributed by atoms with Gasteiger partial charge in [-0.1, -0.05) is 30.0 Å². The maximum atomic E-state index is 5.96. The van der Waals surface area contributed by atoms with Crippen molar-refractivity contribution in [2.45, 2.75) is 12.8 Å². The van der Waals surface area contributed by atoms with Gasteiger partial charge in [0.05, 0.1) is 11.6 Å². The normalized spacial score (nSPS) is 11.7. The van der Waals surface area contributed by atoms with Crippen LogP contribution >= 0.6 is 11.3 Å². The Kier molecular flexibility index (Phi) is 4.34. The lowest BCUT2D eigenvalue weighted by atomic mass is 10.1. The van der Waals surface area contributed by atoms with Crippen LogP contribution < -0.4 is 5.73 Å². The first-order valence-electron chi connectivity index (χ1n) is 8.23. The van der Waals surface area contributed by atoms with Crippen molar-refractivity contribution in [3.05, 3.63) is 70.8 Å². The Balaban J connectivity index is 1.67. The van der Waals surface area contributed by atoms with Crippen LogP contribution in [-0.2, 0) is 0 Å². The SMILES string of the molecule is C[C@H](C#Cc1cccc(-c2ccc3ccnc(N)c3n2)c1)c1nccs1. The van der Waals surface area contributed by atoms with Crippen LogP contribution in [-0.4, -0.2) is 15.0 Å². The highest BCUT2D eigenvalue weighted by atomic mass is 32.1. The summed E-state index contributed by atoms with van der Waals surface area (Å²) >= 11 is 1.63. The van der Waals surface area contributed by atoms with Crippen LogP contribution in [0.2, 0.25) is 0 Å². The fourth-order valence-electron chi connectivity index (χ4n) is 2.69. The predicted octanol–water partition coefficient (Wildman–Crippen LogP) is 4.49. The number of hydrogen-bond acceptors (Lipinski definition) is 5. The second-order valence-electron chi connectivity index (χ2n) is 5.91. The van der Waals surface area contributed by atoms with E-state index in [4.69, 9.17) is 5.73 Å². The average Bonchev–Trinajstić information content (AvgIpc) is 3.21. The zero-order chi connectivity index (χ0) is 17.9. The molecule has 0 bridgehead atoms. The molecular weight excluding hydrogens is 340 g/mol. The molecule has 1 aromatic carbocycles. The van der Waals surface area contributed by atoms with E-state index < -0.39 is 0 Å². The number of anilines is 1. The van der Waals surface area contributed by atoms with E-state index in [-0.39, 0.29) is 5.92 Å². The highest BCUT2D eigenvalue weighted by Crippen LogP contribution is 2.24. The van der Waals surface area contributed by atoms with Crippen LogP contribution in [0.5, 0.6) is 0 Å². The molecule has 3 aromatic heterocycles. The standard InChI is InChI=1S/C21H16N4S/c1-14(21-24-11-12-26-21)5-6-15-3-2-4-17(13-15)18-8-7-16-9-10-23-20(22)19(16)25-18/h2-4,7-14H,1H3,(H2,22,23)/t14-/m1/s1. The Hall–Kier alpha value is -3.23. The molecule has 4 nitrogen and oxygen atoms in total. The number of pyridine rings is 2. The Morgan fingerprint density at radius 3 is 2.85 bits per heavy atom. The van der Waals surface area contributed by atoms with Crippen molar-refractivity contribution in [2.24, 2.45) is 0 Å². The van der Waals surface area contributed by atoms with Crippen molar-refractivity contribution in [1.82, 2.24) is 15.0 Å². The van der Waals surface area contributed by atoms with Gasteiger partial charge in [-0.25, -0.2) is 15.0 Å². The molecule has 0 radical (unpaired) electrons. The smallest absolute Gasteiger partial charge is 0.149 e. The van der Waals surface area contributed by atoms with E-state index in [0.717, 1.165) is 32.7 Å². The lowest BCUT2D eigenvalue weighted by Crippen LogP contribution is -1.94. The molecule has 4 rings (SSSR count). The molecule has 0 saturated heterocycles. The van der Waals surface area contributed by atoms with Crippen LogP contribution in [0.4, 0.5) is 5.82 Å². The van der Waals surface area contributed by atoms with Gasteiger partial charge in [-0.3, -0.25) is 0 Å². The summed E-state index contributed by atoms with van der Waals surface area (Å²) in [5, 5.41) is 3.99. The minimum Gasteiger partial charge on any atom is -0.382 e.